The van der Waals surface area contributed by atoms with Gasteiger partial charge in [0, 0.05) is 41.1 Å². The Bertz CT molecular complexity index is 1030. The molecule has 7 heteroatoms. The highest BCUT2D eigenvalue weighted by Gasteiger charge is 2.24. The molecule has 29 heavy (non-hydrogen) atoms. The van der Waals surface area contributed by atoms with Crippen molar-refractivity contribution in [3.05, 3.63) is 59.7 Å². The van der Waals surface area contributed by atoms with Crippen LogP contribution in [0.2, 0.25) is 0 Å². The lowest BCUT2D eigenvalue weighted by Gasteiger charge is -2.22. The molecule has 1 N–H and O–H groups in total. The van der Waals surface area contributed by atoms with Crippen molar-refractivity contribution in [1.29, 1.82) is 0 Å². The van der Waals surface area contributed by atoms with E-state index in [0.717, 1.165) is 34.8 Å². The molecule has 4 rings (SSSR count). The van der Waals surface area contributed by atoms with E-state index in [1.54, 1.807) is 11.1 Å². The van der Waals surface area contributed by atoms with E-state index in [0.29, 0.717) is 30.4 Å². The maximum Gasteiger partial charge on any atom is 0.327 e. The number of nitrogens with zero attached hydrogens (tertiary/aromatic N) is 4. The number of fused-ring (bicyclic) bond motifs is 1. The summed E-state index contributed by atoms with van der Waals surface area (Å²) >= 11 is 0. The third kappa shape index (κ3) is 4.18. The van der Waals surface area contributed by atoms with Crippen LogP contribution < -0.4 is 15.0 Å². The van der Waals surface area contributed by atoms with E-state index < -0.39 is 0 Å². The van der Waals surface area contributed by atoms with Crippen molar-refractivity contribution >= 4 is 17.5 Å². The van der Waals surface area contributed by atoms with Crippen LogP contribution in [0.5, 0.6) is 5.75 Å². The number of ether oxygens (including phenoxy) is 1. The fourth-order valence-electron chi connectivity index (χ4n) is 3.33. The van der Waals surface area contributed by atoms with Crippen LogP contribution in [0.15, 0.2) is 42.6 Å². The summed E-state index contributed by atoms with van der Waals surface area (Å²) in [5.74, 6) is 1.11. The Hall–Kier alpha value is -3.48. The largest absolute Gasteiger partial charge is 0.490 e. The Labute approximate surface area is 169 Å². The molecule has 2 amide bonds. The molecule has 0 bridgehead atoms. The highest BCUT2D eigenvalue weighted by molar-refractivity contribution is 6.02. The molecule has 4 heterocycles. The maximum atomic E-state index is 13.1. The van der Waals surface area contributed by atoms with Gasteiger partial charge in [-0.3, -0.25) is 14.9 Å². The molecule has 3 aromatic rings. The summed E-state index contributed by atoms with van der Waals surface area (Å²) in [6, 6.07) is 11.1. The Morgan fingerprint density at radius 3 is 2.55 bits per heavy atom. The molecule has 0 saturated heterocycles. The van der Waals surface area contributed by atoms with E-state index >= 15 is 0 Å². The number of aromatic nitrogens is 3. The lowest BCUT2D eigenvalue weighted by molar-refractivity contribution is 0.256. The van der Waals surface area contributed by atoms with Gasteiger partial charge in [0.15, 0.2) is 11.6 Å². The molecule has 0 fully saturated rings. The predicted octanol–water partition coefficient (Wildman–Crippen LogP) is 4.28. The lowest BCUT2D eigenvalue weighted by atomic mass is 10.1. The van der Waals surface area contributed by atoms with E-state index in [-0.39, 0.29) is 6.03 Å². The molecule has 0 radical (unpaired) electrons. The van der Waals surface area contributed by atoms with Crippen LogP contribution in [0.1, 0.15) is 23.5 Å². The van der Waals surface area contributed by atoms with E-state index in [9.17, 15) is 4.79 Å². The highest BCUT2D eigenvalue weighted by atomic mass is 16.5. The third-order valence-corrected chi connectivity index (χ3v) is 4.66. The Morgan fingerprint density at radius 1 is 1.03 bits per heavy atom. The van der Waals surface area contributed by atoms with Gasteiger partial charge in [-0.1, -0.05) is 0 Å². The van der Waals surface area contributed by atoms with Gasteiger partial charge in [0.1, 0.15) is 0 Å². The van der Waals surface area contributed by atoms with E-state index in [1.165, 1.54) is 0 Å². The molecule has 0 aromatic carbocycles. The Morgan fingerprint density at radius 2 is 1.83 bits per heavy atom. The van der Waals surface area contributed by atoms with Crippen LogP contribution in [0.25, 0.3) is 11.3 Å². The molecule has 3 aromatic heterocycles. The Kier molecular flexibility index (Phi) is 5.12. The minimum absolute atomic E-state index is 0.242. The first-order valence-electron chi connectivity index (χ1n) is 9.60. The summed E-state index contributed by atoms with van der Waals surface area (Å²) in [4.78, 5) is 28.2. The normalized spacial score (nSPS) is 13.3. The summed E-state index contributed by atoms with van der Waals surface area (Å²) in [5, 5.41) is 2.97. The van der Waals surface area contributed by atoms with Crippen LogP contribution in [0.3, 0.4) is 0 Å². The zero-order valence-corrected chi connectivity index (χ0v) is 16.8. The molecule has 1 aliphatic rings. The van der Waals surface area contributed by atoms with Crippen molar-refractivity contribution in [2.75, 3.05) is 23.4 Å². The monoisotopic (exact) mass is 389 g/mol. The third-order valence-electron chi connectivity index (χ3n) is 4.66. The number of hydrogen-bond donors (Lipinski definition) is 1. The van der Waals surface area contributed by atoms with Crippen LogP contribution in [0.4, 0.5) is 16.3 Å². The van der Waals surface area contributed by atoms with Gasteiger partial charge in [0.25, 0.3) is 0 Å². The van der Waals surface area contributed by atoms with Gasteiger partial charge in [-0.2, -0.15) is 0 Å². The van der Waals surface area contributed by atoms with Crippen molar-refractivity contribution in [2.45, 2.75) is 27.2 Å². The number of nitrogens with one attached hydrogen (secondary N) is 1. The summed E-state index contributed by atoms with van der Waals surface area (Å²) in [6.07, 6.45) is 2.51. The second-order valence-electron chi connectivity index (χ2n) is 7.13. The van der Waals surface area contributed by atoms with Gasteiger partial charge in [0.05, 0.1) is 12.3 Å². The standard InChI is InChI=1S/C22H23N5O2/c1-14-5-6-17(13-23-14)19-7-8-20-21(26-19)27(9-4-10-29-20)22(28)25-18-11-15(2)24-16(3)12-18/h5-8,11-13H,4,9-10H2,1-3H3,(H,24,25,28). The number of amides is 2. The SMILES string of the molecule is Cc1ccc(-c2ccc3c(n2)N(C(=O)Nc2cc(C)nc(C)c2)CCCO3)cn1. The maximum absolute atomic E-state index is 13.1. The van der Waals surface area contributed by atoms with Crippen molar-refractivity contribution in [3.63, 3.8) is 0 Å². The van der Waals surface area contributed by atoms with E-state index in [2.05, 4.69) is 15.3 Å². The summed E-state index contributed by atoms with van der Waals surface area (Å²) in [5.41, 5.74) is 5.00. The van der Waals surface area contributed by atoms with Crippen LogP contribution in [-0.4, -0.2) is 34.1 Å². The zero-order chi connectivity index (χ0) is 20.4. The van der Waals surface area contributed by atoms with E-state index in [4.69, 9.17) is 9.72 Å². The smallest absolute Gasteiger partial charge is 0.327 e. The molecule has 7 nitrogen and oxygen atoms in total. The number of urea groups is 1. The predicted molar refractivity (Wildman–Crippen MR) is 112 cm³/mol. The van der Waals surface area contributed by atoms with Gasteiger partial charge in [-0.05, 0) is 63.6 Å². The molecule has 1 aliphatic heterocycles. The van der Waals surface area contributed by atoms with Gasteiger partial charge < -0.3 is 10.1 Å². The van der Waals surface area contributed by atoms with Gasteiger partial charge in [-0.25, -0.2) is 9.78 Å². The molecule has 0 aliphatic carbocycles. The quantitative estimate of drug-likeness (QED) is 0.707. The second kappa shape index (κ2) is 7.87. The molecular formula is C22H23N5O2. The Balaban J connectivity index is 1.67. The fourth-order valence-corrected chi connectivity index (χ4v) is 3.33. The van der Waals surface area contributed by atoms with Gasteiger partial charge in [0.2, 0.25) is 0 Å². The van der Waals surface area contributed by atoms with Gasteiger partial charge in [-0.15, -0.1) is 0 Å². The number of carbonyl (C=O) groups excluding carboxylic acids is 1. The fraction of sp³-hybridized carbons (Fsp3) is 0.273. The van der Waals surface area contributed by atoms with Crippen molar-refractivity contribution in [3.8, 4) is 17.0 Å². The lowest BCUT2D eigenvalue weighted by Crippen LogP contribution is -2.36. The molecule has 0 saturated carbocycles. The van der Waals surface area contributed by atoms with Crippen molar-refractivity contribution in [1.82, 2.24) is 15.0 Å². The number of anilines is 2. The molecule has 0 spiro atoms. The summed E-state index contributed by atoms with van der Waals surface area (Å²) < 4.78 is 5.82. The van der Waals surface area contributed by atoms with Crippen molar-refractivity contribution < 1.29 is 9.53 Å². The molecule has 0 atom stereocenters. The average Bonchev–Trinajstić information content (AvgIpc) is 2.89. The number of pyridine rings is 3. The number of rotatable bonds is 2. The number of carbonyl (C=O) groups is 1. The van der Waals surface area contributed by atoms with Crippen molar-refractivity contribution in [2.24, 2.45) is 0 Å². The minimum atomic E-state index is -0.242. The van der Waals surface area contributed by atoms with Crippen LogP contribution in [0, 0.1) is 20.8 Å². The summed E-state index contributed by atoms with van der Waals surface area (Å²) in [7, 11) is 0. The van der Waals surface area contributed by atoms with E-state index in [1.807, 2.05) is 57.2 Å². The van der Waals surface area contributed by atoms with Crippen LogP contribution >= 0.6 is 0 Å². The number of aryl methyl sites for hydroxylation is 3. The van der Waals surface area contributed by atoms with Gasteiger partial charge >= 0.3 is 6.03 Å². The first kappa shape index (κ1) is 18.9. The minimum Gasteiger partial charge on any atom is -0.490 e. The number of hydrogen-bond acceptors (Lipinski definition) is 5. The summed E-state index contributed by atoms with van der Waals surface area (Å²) in [6.45, 7) is 6.81. The zero-order valence-electron chi connectivity index (χ0n) is 16.8. The topological polar surface area (TPSA) is 80.2 Å². The second-order valence-corrected chi connectivity index (χ2v) is 7.13. The molecule has 0 unspecified atom stereocenters. The highest BCUT2D eigenvalue weighted by Crippen LogP contribution is 2.32. The average molecular weight is 389 g/mol. The first-order valence-corrected chi connectivity index (χ1v) is 9.60. The van der Waals surface area contributed by atoms with Crippen LogP contribution in [-0.2, 0) is 0 Å². The molecular weight excluding hydrogens is 366 g/mol. The first-order chi connectivity index (χ1) is 14.0. The molecule has 148 valence electrons.